The van der Waals surface area contributed by atoms with Crippen LogP contribution in [0.3, 0.4) is 0 Å². The second-order valence-corrected chi connectivity index (χ2v) is 4.12. The molecule has 0 spiro atoms. The summed E-state index contributed by atoms with van der Waals surface area (Å²) >= 11 is 0. The van der Waals surface area contributed by atoms with Crippen LogP contribution < -0.4 is 4.74 Å². The van der Waals surface area contributed by atoms with Crippen LogP contribution >= 0.6 is 0 Å². The first-order valence-corrected chi connectivity index (χ1v) is 5.92. The minimum absolute atomic E-state index is 0.407. The maximum Gasteiger partial charge on any atom is 0.258 e. The van der Waals surface area contributed by atoms with Gasteiger partial charge in [0, 0.05) is 31.1 Å². The topological polar surface area (TPSA) is 48.7 Å². The van der Waals surface area contributed by atoms with Crippen LogP contribution in [0.2, 0.25) is 0 Å². The molecule has 90 valence electrons. The van der Waals surface area contributed by atoms with E-state index < -0.39 is 0 Å². The van der Waals surface area contributed by atoms with Crippen LogP contribution in [-0.2, 0) is 4.74 Å². The van der Waals surface area contributed by atoms with E-state index in [9.17, 15) is 0 Å². The highest BCUT2D eigenvalue weighted by Gasteiger charge is 2.21. The van der Waals surface area contributed by atoms with Crippen molar-refractivity contribution in [3.05, 3.63) is 24.3 Å². The third-order valence-electron chi connectivity index (χ3n) is 2.99. The third kappa shape index (κ3) is 1.86. The van der Waals surface area contributed by atoms with Gasteiger partial charge >= 0.3 is 0 Å². The lowest BCUT2D eigenvalue weighted by Gasteiger charge is -2.02. The molecule has 1 saturated heterocycles. The molecule has 1 unspecified atom stereocenters. The van der Waals surface area contributed by atoms with Gasteiger partial charge in [-0.2, -0.15) is 0 Å². The van der Waals surface area contributed by atoms with Gasteiger partial charge in [0.2, 0.25) is 5.65 Å². The fourth-order valence-electron chi connectivity index (χ4n) is 2.12. The molecule has 0 bridgehead atoms. The Hall–Kier alpha value is -1.62. The Bertz CT molecular complexity index is 517. The number of hydrogen-bond donors (Lipinski definition) is 0. The van der Waals surface area contributed by atoms with Crippen LogP contribution in [0.25, 0.3) is 5.65 Å². The van der Waals surface area contributed by atoms with Gasteiger partial charge in [-0.15, -0.1) is 0 Å². The van der Waals surface area contributed by atoms with Crippen molar-refractivity contribution in [3.8, 4) is 5.88 Å². The summed E-state index contributed by atoms with van der Waals surface area (Å²) in [6.45, 7) is 4.14. The van der Waals surface area contributed by atoms with Gasteiger partial charge in [0.1, 0.15) is 0 Å². The Balaban J connectivity index is 2.02. The quantitative estimate of drug-likeness (QED) is 0.808. The molecule has 1 fully saturated rings. The van der Waals surface area contributed by atoms with Crippen molar-refractivity contribution >= 4 is 5.65 Å². The van der Waals surface area contributed by atoms with E-state index in [1.54, 1.807) is 6.20 Å². The van der Waals surface area contributed by atoms with Crippen LogP contribution in [0.15, 0.2) is 18.6 Å². The van der Waals surface area contributed by atoms with E-state index >= 15 is 0 Å². The highest BCUT2D eigenvalue weighted by molar-refractivity contribution is 5.50. The minimum atomic E-state index is 0.407. The maximum atomic E-state index is 5.47. The van der Waals surface area contributed by atoms with Crippen molar-refractivity contribution in [1.82, 2.24) is 14.4 Å². The number of aromatic nitrogens is 3. The number of fused-ring (bicyclic) bond motifs is 1. The summed E-state index contributed by atoms with van der Waals surface area (Å²) < 4.78 is 12.8. The van der Waals surface area contributed by atoms with Gasteiger partial charge in [-0.1, -0.05) is 0 Å². The maximum absolute atomic E-state index is 5.47. The summed E-state index contributed by atoms with van der Waals surface area (Å²) in [5.74, 6) is 1.00. The number of hydrogen-bond acceptors (Lipinski definition) is 4. The summed E-state index contributed by atoms with van der Waals surface area (Å²) in [5.41, 5.74) is 1.85. The molecule has 5 heteroatoms. The van der Waals surface area contributed by atoms with Gasteiger partial charge in [-0.25, -0.2) is 9.97 Å². The van der Waals surface area contributed by atoms with Crippen molar-refractivity contribution in [3.63, 3.8) is 0 Å². The summed E-state index contributed by atoms with van der Waals surface area (Å²) in [7, 11) is 0. The van der Waals surface area contributed by atoms with E-state index in [-0.39, 0.29) is 0 Å². The van der Waals surface area contributed by atoms with Gasteiger partial charge in [0.25, 0.3) is 5.88 Å². The van der Waals surface area contributed by atoms with E-state index in [1.807, 2.05) is 23.7 Å². The molecule has 0 amide bonds. The number of imidazole rings is 1. The lowest BCUT2D eigenvalue weighted by Crippen LogP contribution is -1.98. The van der Waals surface area contributed by atoms with E-state index in [1.165, 1.54) is 0 Å². The smallest absolute Gasteiger partial charge is 0.258 e. The fourth-order valence-corrected chi connectivity index (χ4v) is 2.12. The van der Waals surface area contributed by atoms with Crippen LogP contribution in [0.1, 0.15) is 25.0 Å². The Morgan fingerprint density at radius 1 is 1.59 bits per heavy atom. The zero-order valence-electron chi connectivity index (χ0n) is 9.80. The van der Waals surface area contributed by atoms with Crippen molar-refractivity contribution < 1.29 is 9.47 Å². The molecule has 0 aromatic carbocycles. The molecule has 0 aliphatic carbocycles. The molecule has 0 saturated carbocycles. The Morgan fingerprint density at radius 2 is 2.53 bits per heavy atom. The summed E-state index contributed by atoms with van der Waals surface area (Å²) in [5, 5.41) is 0. The number of nitrogens with zero attached hydrogens (tertiary/aromatic N) is 3. The molecule has 5 nitrogen and oxygen atoms in total. The van der Waals surface area contributed by atoms with E-state index in [4.69, 9.17) is 9.47 Å². The predicted octanol–water partition coefficient (Wildman–Crippen LogP) is 1.63. The van der Waals surface area contributed by atoms with Gasteiger partial charge in [0.05, 0.1) is 18.9 Å². The molecule has 1 atom stereocenters. The Labute approximate surface area is 99.4 Å². The first kappa shape index (κ1) is 10.5. The lowest BCUT2D eigenvalue weighted by molar-refractivity contribution is 0.193. The number of ether oxygens (including phenoxy) is 2. The first-order chi connectivity index (χ1) is 8.38. The lowest BCUT2D eigenvalue weighted by atomic mass is 10.1. The average molecular weight is 233 g/mol. The summed E-state index contributed by atoms with van der Waals surface area (Å²) in [6, 6.07) is 0. The standard InChI is InChI=1S/C12H15N3O2/c1-2-17-12-11-14-10(9-3-6-16-8-9)7-15(11)5-4-13-12/h4-5,7,9H,2-3,6,8H2,1H3. The monoisotopic (exact) mass is 233 g/mol. The molecule has 3 rings (SSSR count). The van der Waals surface area contributed by atoms with Gasteiger partial charge in [0.15, 0.2) is 0 Å². The van der Waals surface area contributed by atoms with Crippen LogP contribution in [-0.4, -0.2) is 34.2 Å². The van der Waals surface area contributed by atoms with Crippen molar-refractivity contribution in [2.75, 3.05) is 19.8 Å². The van der Waals surface area contributed by atoms with Crippen molar-refractivity contribution in [2.45, 2.75) is 19.3 Å². The molecule has 0 N–H and O–H groups in total. The molecular formula is C12H15N3O2. The zero-order chi connectivity index (χ0) is 11.7. The second kappa shape index (κ2) is 4.33. The molecule has 3 heterocycles. The number of rotatable bonds is 3. The van der Waals surface area contributed by atoms with E-state index in [0.29, 0.717) is 18.4 Å². The fraction of sp³-hybridized carbons (Fsp3) is 0.500. The zero-order valence-corrected chi connectivity index (χ0v) is 9.80. The predicted molar refractivity (Wildman–Crippen MR) is 62.3 cm³/mol. The first-order valence-electron chi connectivity index (χ1n) is 5.92. The Kier molecular flexibility index (Phi) is 2.68. The second-order valence-electron chi connectivity index (χ2n) is 4.12. The minimum Gasteiger partial charge on any atom is -0.475 e. The van der Waals surface area contributed by atoms with Gasteiger partial charge < -0.3 is 13.9 Å². The Morgan fingerprint density at radius 3 is 3.29 bits per heavy atom. The van der Waals surface area contributed by atoms with Gasteiger partial charge in [-0.05, 0) is 13.3 Å². The molecule has 2 aromatic heterocycles. The molecule has 0 radical (unpaired) electrons. The van der Waals surface area contributed by atoms with Crippen LogP contribution in [0, 0.1) is 0 Å². The highest BCUT2D eigenvalue weighted by atomic mass is 16.5. The summed E-state index contributed by atoms with van der Waals surface area (Å²) in [6.07, 6.45) is 6.71. The molecular weight excluding hydrogens is 218 g/mol. The molecule has 1 aliphatic heterocycles. The van der Waals surface area contributed by atoms with Crippen LogP contribution in [0.5, 0.6) is 5.88 Å². The average Bonchev–Trinajstić information content (AvgIpc) is 2.98. The largest absolute Gasteiger partial charge is 0.475 e. The van der Waals surface area contributed by atoms with E-state index in [2.05, 4.69) is 9.97 Å². The van der Waals surface area contributed by atoms with Gasteiger partial charge in [-0.3, -0.25) is 0 Å². The molecule has 17 heavy (non-hydrogen) atoms. The molecule has 1 aliphatic rings. The van der Waals surface area contributed by atoms with Crippen molar-refractivity contribution in [2.24, 2.45) is 0 Å². The molecule has 2 aromatic rings. The third-order valence-corrected chi connectivity index (χ3v) is 2.99. The van der Waals surface area contributed by atoms with E-state index in [0.717, 1.165) is 31.0 Å². The van der Waals surface area contributed by atoms with Crippen molar-refractivity contribution in [1.29, 1.82) is 0 Å². The normalized spacial score (nSPS) is 19.9. The SMILES string of the molecule is CCOc1nccn2cc(C3CCOC3)nc12. The summed E-state index contributed by atoms with van der Waals surface area (Å²) in [4.78, 5) is 8.81. The van der Waals surface area contributed by atoms with Crippen LogP contribution in [0.4, 0.5) is 0 Å². The highest BCUT2D eigenvalue weighted by Crippen LogP contribution is 2.26.